The summed E-state index contributed by atoms with van der Waals surface area (Å²) in [4.78, 5) is 37.2. The van der Waals surface area contributed by atoms with Crippen molar-refractivity contribution < 1.29 is 19.4 Å². The number of hydrogen-bond acceptors (Lipinski definition) is 5. The van der Waals surface area contributed by atoms with Crippen LogP contribution in [0.15, 0.2) is 65.6 Å². The van der Waals surface area contributed by atoms with E-state index < -0.39 is 23.6 Å². The van der Waals surface area contributed by atoms with Crippen LogP contribution in [0.4, 0.5) is 10.5 Å². The molecule has 3 rings (SSSR count). The fourth-order valence-corrected chi connectivity index (χ4v) is 3.50. The number of nitrogens with zero attached hydrogens (tertiary/aromatic N) is 1. The maximum Gasteiger partial charge on any atom is 0.319 e. The molecule has 0 aliphatic carbocycles. The number of rotatable bonds is 7. The number of nitrogens with one attached hydrogen (secondary N) is 2. The first-order valence-electron chi connectivity index (χ1n) is 10.6. The first kappa shape index (κ1) is 23.6. The van der Waals surface area contributed by atoms with Crippen molar-refractivity contribution in [3.05, 3.63) is 82.3 Å². The third-order valence-electron chi connectivity index (χ3n) is 5.21. The van der Waals surface area contributed by atoms with Gasteiger partial charge in [-0.25, -0.2) is 4.79 Å². The number of carbonyl (C=O) groups excluding carboxylic acids is 2. The Kier molecular flexibility index (Phi) is 7.50. The van der Waals surface area contributed by atoms with Crippen molar-refractivity contribution in [1.82, 2.24) is 9.88 Å². The predicted molar refractivity (Wildman–Crippen MR) is 126 cm³/mol. The van der Waals surface area contributed by atoms with Gasteiger partial charge in [-0.15, -0.1) is 0 Å². The molecule has 33 heavy (non-hydrogen) atoms. The van der Waals surface area contributed by atoms with E-state index in [2.05, 4.69) is 10.6 Å². The van der Waals surface area contributed by atoms with Crippen LogP contribution < -0.4 is 16.2 Å². The molecule has 1 heterocycles. The van der Waals surface area contributed by atoms with Crippen molar-refractivity contribution >= 4 is 17.7 Å². The quantitative estimate of drug-likeness (QED) is 0.474. The number of urea groups is 1. The standard InChI is InChI=1S/C25H27N3O5/c1-4-33-22(30)15-20(26-25(32)27-23-21(29)12-13-28(3)24(23)31)18-10-7-9-17(14-18)19-11-6-5-8-16(19)2/h5-14,20,29H,4,15H2,1-3H3,(H2,26,27,32). The van der Waals surface area contributed by atoms with Crippen molar-refractivity contribution in [2.24, 2.45) is 7.05 Å². The zero-order valence-corrected chi connectivity index (χ0v) is 18.8. The third kappa shape index (κ3) is 5.79. The monoisotopic (exact) mass is 449 g/mol. The molecule has 0 radical (unpaired) electrons. The molecule has 0 spiro atoms. The molecule has 3 N–H and O–H groups in total. The lowest BCUT2D eigenvalue weighted by Gasteiger charge is -2.20. The number of hydrogen-bond donors (Lipinski definition) is 3. The second kappa shape index (κ2) is 10.5. The minimum absolute atomic E-state index is 0.0999. The molecule has 8 nitrogen and oxygen atoms in total. The molecule has 1 atom stereocenters. The molecule has 3 aromatic rings. The van der Waals surface area contributed by atoms with Gasteiger partial charge in [0.2, 0.25) is 0 Å². The number of benzene rings is 2. The Labute approximate surface area is 191 Å². The number of ether oxygens (including phenoxy) is 1. The molecule has 0 saturated heterocycles. The molecule has 2 aromatic carbocycles. The van der Waals surface area contributed by atoms with Crippen LogP contribution in [0, 0.1) is 6.92 Å². The number of aryl methyl sites for hydroxylation is 2. The Morgan fingerprint density at radius 1 is 1.12 bits per heavy atom. The van der Waals surface area contributed by atoms with Crippen LogP contribution >= 0.6 is 0 Å². The van der Waals surface area contributed by atoms with E-state index in [1.54, 1.807) is 6.92 Å². The fourth-order valence-electron chi connectivity index (χ4n) is 3.50. The van der Waals surface area contributed by atoms with Crippen LogP contribution in [0.25, 0.3) is 11.1 Å². The Balaban J connectivity index is 1.90. The SMILES string of the molecule is CCOC(=O)CC(NC(=O)Nc1c(O)ccn(C)c1=O)c1cccc(-c2ccccc2C)c1. The van der Waals surface area contributed by atoms with Crippen LogP contribution in [0.3, 0.4) is 0 Å². The molecule has 0 fully saturated rings. The van der Waals surface area contributed by atoms with Crippen molar-refractivity contribution in [1.29, 1.82) is 0 Å². The van der Waals surface area contributed by atoms with Crippen molar-refractivity contribution in [2.45, 2.75) is 26.3 Å². The second-order valence-corrected chi connectivity index (χ2v) is 7.59. The van der Waals surface area contributed by atoms with Gasteiger partial charge >= 0.3 is 12.0 Å². The molecule has 2 amide bonds. The third-order valence-corrected chi connectivity index (χ3v) is 5.21. The van der Waals surface area contributed by atoms with E-state index in [9.17, 15) is 19.5 Å². The smallest absolute Gasteiger partial charge is 0.319 e. The molecule has 172 valence electrons. The molecule has 0 aliphatic heterocycles. The van der Waals surface area contributed by atoms with Gasteiger partial charge in [-0.05, 0) is 48.2 Å². The highest BCUT2D eigenvalue weighted by molar-refractivity contribution is 5.91. The summed E-state index contributed by atoms with van der Waals surface area (Å²) in [5.74, 6) is -0.820. The molecular weight excluding hydrogens is 422 g/mol. The Bertz CT molecular complexity index is 1220. The molecule has 0 saturated carbocycles. The topological polar surface area (TPSA) is 110 Å². The van der Waals surface area contributed by atoms with Gasteiger partial charge in [-0.3, -0.25) is 9.59 Å². The highest BCUT2D eigenvalue weighted by Gasteiger charge is 2.21. The minimum atomic E-state index is -0.732. The number of amides is 2. The van der Waals surface area contributed by atoms with Gasteiger partial charge < -0.3 is 25.0 Å². The maximum atomic E-state index is 12.7. The Hall–Kier alpha value is -4.07. The number of aromatic hydroxyl groups is 1. The van der Waals surface area contributed by atoms with Crippen LogP contribution in [0.2, 0.25) is 0 Å². The van der Waals surface area contributed by atoms with Gasteiger partial charge in [-0.2, -0.15) is 0 Å². The van der Waals surface area contributed by atoms with E-state index >= 15 is 0 Å². The Morgan fingerprint density at radius 3 is 2.61 bits per heavy atom. The van der Waals surface area contributed by atoms with Crippen LogP contribution in [-0.4, -0.2) is 28.3 Å². The van der Waals surface area contributed by atoms with Crippen molar-refractivity contribution in [3.63, 3.8) is 0 Å². The number of pyridine rings is 1. The fraction of sp³-hybridized carbons (Fsp3) is 0.240. The number of carbonyl (C=O) groups is 2. The van der Waals surface area contributed by atoms with E-state index in [0.717, 1.165) is 16.7 Å². The molecule has 1 unspecified atom stereocenters. The van der Waals surface area contributed by atoms with Crippen molar-refractivity contribution in [3.8, 4) is 16.9 Å². The van der Waals surface area contributed by atoms with Gasteiger partial charge in [0, 0.05) is 13.2 Å². The van der Waals surface area contributed by atoms with Gasteiger partial charge in [0.25, 0.3) is 5.56 Å². The first-order chi connectivity index (χ1) is 15.8. The number of anilines is 1. The van der Waals surface area contributed by atoms with E-state index in [1.807, 2.05) is 55.5 Å². The van der Waals surface area contributed by atoms with E-state index in [0.29, 0.717) is 5.56 Å². The van der Waals surface area contributed by atoms with E-state index in [-0.39, 0.29) is 24.5 Å². The van der Waals surface area contributed by atoms with Crippen LogP contribution in [0.5, 0.6) is 5.75 Å². The van der Waals surface area contributed by atoms with Crippen molar-refractivity contribution in [2.75, 3.05) is 11.9 Å². The lowest BCUT2D eigenvalue weighted by molar-refractivity contribution is -0.143. The summed E-state index contributed by atoms with van der Waals surface area (Å²) in [5.41, 5.74) is 2.96. The molecule has 0 aliphatic rings. The first-order valence-corrected chi connectivity index (χ1v) is 10.6. The summed E-state index contributed by atoms with van der Waals surface area (Å²) in [7, 11) is 1.51. The van der Waals surface area contributed by atoms with Gasteiger partial charge in [0.05, 0.1) is 19.1 Å². The highest BCUT2D eigenvalue weighted by Crippen LogP contribution is 2.27. The highest BCUT2D eigenvalue weighted by atomic mass is 16.5. The largest absolute Gasteiger partial charge is 0.505 e. The molecule has 1 aromatic heterocycles. The van der Waals surface area contributed by atoms with Gasteiger partial charge in [0.15, 0.2) is 5.69 Å². The van der Waals surface area contributed by atoms with E-state index in [1.165, 1.54) is 23.9 Å². The average Bonchev–Trinajstić information content (AvgIpc) is 2.79. The maximum absolute atomic E-state index is 12.7. The zero-order chi connectivity index (χ0) is 24.0. The number of aromatic nitrogens is 1. The summed E-state index contributed by atoms with van der Waals surface area (Å²) >= 11 is 0. The number of esters is 1. The average molecular weight is 450 g/mol. The Morgan fingerprint density at radius 2 is 1.88 bits per heavy atom. The summed E-state index contributed by atoms with van der Waals surface area (Å²) < 4.78 is 6.31. The summed E-state index contributed by atoms with van der Waals surface area (Å²) in [6.07, 6.45) is 1.29. The van der Waals surface area contributed by atoms with Gasteiger partial charge in [-0.1, -0.05) is 42.5 Å². The van der Waals surface area contributed by atoms with Crippen LogP contribution in [-0.2, 0) is 16.6 Å². The predicted octanol–water partition coefficient (Wildman–Crippen LogP) is 3.88. The van der Waals surface area contributed by atoms with Crippen LogP contribution in [0.1, 0.15) is 30.5 Å². The normalized spacial score (nSPS) is 11.5. The lowest BCUT2D eigenvalue weighted by atomic mass is 9.95. The molecular formula is C25H27N3O5. The summed E-state index contributed by atoms with van der Waals surface area (Å²) in [6, 6.07) is 15.3. The molecule has 0 bridgehead atoms. The summed E-state index contributed by atoms with van der Waals surface area (Å²) in [6.45, 7) is 3.94. The van der Waals surface area contributed by atoms with E-state index in [4.69, 9.17) is 4.74 Å². The minimum Gasteiger partial charge on any atom is -0.505 e. The second-order valence-electron chi connectivity index (χ2n) is 7.59. The lowest BCUT2D eigenvalue weighted by Crippen LogP contribution is -2.36. The van der Waals surface area contributed by atoms with Gasteiger partial charge in [0.1, 0.15) is 5.75 Å². The molecule has 8 heteroatoms. The summed E-state index contributed by atoms with van der Waals surface area (Å²) in [5, 5.41) is 15.1. The zero-order valence-electron chi connectivity index (χ0n) is 18.8.